The van der Waals surface area contributed by atoms with Crippen molar-refractivity contribution < 1.29 is 0 Å². The maximum absolute atomic E-state index is 5.55. The Bertz CT molecular complexity index is 758. The van der Waals surface area contributed by atoms with Gasteiger partial charge in [0.15, 0.2) is 5.65 Å². The van der Waals surface area contributed by atoms with E-state index in [1.807, 2.05) is 47.0 Å². The van der Waals surface area contributed by atoms with E-state index < -0.39 is 0 Å². The van der Waals surface area contributed by atoms with Crippen LogP contribution in [0.25, 0.3) is 5.65 Å². The van der Waals surface area contributed by atoms with Crippen LogP contribution in [0.15, 0.2) is 48.5 Å². The third-order valence-electron chi connectivity index (χ3n) is 3.28. The second-order valence-corrected chi connectivity index (χ2v) is 6.41. The Morgan fingerprint density at radius 1 is 1.17 bits per heavy atom. The van der Waals surface area contributed by atoms with Gasteiger partial charge >= 0.3 is 0 Å². The first-order valence-electron chi connectivity index (χ1n) is 7.47. The molecule has 23 heavy (non-hydrogen) atoms. The number of rotatable bonds is 7. The van der Waals surface area contributed by atoms with E-state index in [1.165, 1.54) is 0 Å². The molecule has 0 aliphatic rings. The summed E-state index contributed by atoms with van der Waals surface area (Å²) in [6.45, 7) is 1.45. The number of fused-ring (bicyclic) bond motifs is 1. The van der Waals surface area contributed by atoms with Crippen molar-refractivity contribution in [2.24, 2.45) is 5.73 Å². The summed E-state index contributed by atoms with van der Waals surface area (Å²) >= 11 is 1.72. The maximum atomic E-state index is 5.55. The molecule has 0 aliphatic heterocycles. The summed E-state index contributed by atoms with van der Waals surface area (Å²) in [5, 5.41) is 7.80. The molecule has 1 aromatic carbocycles. The summed E-state index contributed by atoms with van der Waals surface area (Å²) in [5.74, 6) is 1.51. The minimum absolute atomic E-state index is 0.598. The van der Waals surface area contributed by atoms with Crippen LogP contribution in [0.2, 0.25) is 0 Å². The van der Waals surface area contributed by atoms with Gasteiger partial charge in [0.1, 0.15) is 0 Å². The molecule has 3 aromatic rings. The Morgan fingerprint density at radius 2 is 2.00 bits per heavy atom. The Hall–Kier alpha value is -2.09. The zero-order valence-electron chi connectivity index (χ0n) is 13.0. The number of hydrogen-bond acceptors (Lipinski definition) is 6. The molecule has 0 aliphatic carbocycles. The smallest absolute Gasteiger partial charge is 0.247 e. The van der Waals surface area contributed by atoms with E-state index in [1.54, 1.807) is 11.9 Å². The number of anilines is 2. The molecule has 3 N–H and O–H groups in total. The second-order valence-electron chi connectivity index (χ2n) is 5.12. The van der Waals surface area contributed by atoms with Gasteiger partial charge in [-0.1, -0.05) is 36.2 Å². The fourth-order valence-corrected chi connectivity index (χ4v) is 2.91. The lowest BCUT2D eigenvalue weighted by Gasteiger charge is -2.15. The topological polar surface area (TPSA) is 71.5 Å². The number of nitrogens with one attached hydrogen (secondary N) is 1. The maximum Gasteiger partial charge on any atom is 0.247 e. The molecule has 0 unspecified atom stereocenters. The van der Waals surface area contributed by atoms with E-state index in [9.17, 15) is 0 Å². The van der Waals surface area contributed by atoms with Crippen molar-refractivity contribution in [3.05, 3.63) is 54.2 Å². The zero-order valence-corrected chi connectivity index (χ0v) is 13.8. The number of aromatic nitrogens is 3. The van der Waals surface area contributed by atoms with E-state index in [0.717, 1.165) is 29.3 Å². The number of hydrogen-bond donors (Lipinski definition) is 2. The van der Waals surface area contributed by atoms with Gasteiger partial charge in [0.25, 0.3) is 0 Å². The van der Waals surface area contributed by atoms with Crippen molar-refractivity contribution >= 4 is 29.2 Å². The van der Waals surface area contributed by atoms with Gasteiger partial charge < -0.3 is 11.1 Å². The van der Waals surface area contributed by atoms with Crippen molar-refractivity contribution in [2.75, 3.05) is 24.7 Å². The fourth-order valence-electron chi connectivity index (χ4n) is 2.26. The molecule has 7 heteroatoms. The zero-order chi connectivity index (χ0) is 16.1. The average molecular weight is 328 g/mol. The van der Waals surface area contributed by atoms with Gasteiger partial charge in [-0.3, -0.25) is 0 Å². The van der Waals surface area contributed by atoms with Crippen LogP contribution in [0.4, 0.5) is 11.6 Å². The third kappa shape index (κ3) is 4.01. The van der Waals surface area contributed by atoms with Crippen LogP contribution >= 0.6 is 11.9 Å². The quantitative estimate of drug-likeness (QED) is 0.649. The van der Waals surface area contributed by atoms with Crippen LogP contribution in [0.5, 0.6) is 0 Å². The van der Waals surface area contributed by atoms with Crippen LogP contribution in [0, 0.1) is 0 Å². The average Bonchev–Trinajstić information content (AvgIpc) is 2.97. The van der Waals surface area contributed by atoms with Gasteiger partial charge in [-0.05, 0) is 31.3 Å². The van der Waals surface area contributed by atoms with Gasteiger partial charge in [0.2, 0.25) is 5.95 Å². The lowest BCUT2D eigenvalue weighted by atomic mass is 10.3. The van der Waals surface area contributed by atoms with Crippen molar-refractivity contribution in [2.45, 2.75) is 6.54 Å². The van der Waals surface area contributed by atoms with Crippen LogP contribution in [0.1, 0.15) is 5.69 Å². The molecule has 2 heterocycles. The van der Waals surface area contributed by atoms with Crippen LogP contribution in [0.3, 0.4) is 0 Å². The van der Waals surface area contributed by atoms with Gasteiger partial charge in [0, 0.05) is 18.0 Å². The molecule has 0 amide bonds. The SMILES string of the molecule is CN(Cc1cccc2nc(Nc3ccccc3)nn12)SCCN. The van der Waals surface area contributed by atoms with Crippen LogP contribution in [-0.4, -0.2) is 38.2 Å². The summed E-state index contributed by atoms with van der Waals surface area (Å²) in [6, 6.07) is 15.9. The van der Waals surface area contributed by atoms with Crippen molar-refractivity contribution in [1.82, 2.24) is 18.9 Å². The number of benzene rings is 1. The molecule has 3 rings (SSSR count). The minimum Gasteiger partial charge on any atom is -0.330 e. The third-order valence-corrected chi connectivity index (χ3v) is 4.27. The Balaban J connectivity index is 1.80. The van der Waals surface area contributed by atoms with E-state index in [-0.39, 0.29) is 0 Å². The predicted octanol–water partition coefficient (Wildman–Crippen LogP) is 2.51. The highest BCUT2D eigenvalue weighted by Crippen LogP contribution is 2.17. The standard InChI is InChI=1S/C16H20N6S/c1-21(23-11-10-17)12-14-8-5-9-15-19-16(20-22(14)15)18-13-6-3-2-4-7-13/h2-9H,10-12,17H2,1H3,(H,18,20). The first kappa shape index (κ1) is 15.8. The molecule has 0 saturated carbocycles. The normalized spacial score (nSPS) is 11.3. The highest BCUT2D eigenvalue weighted by Gasteiger charge is 2.09. The molecule has 0 radical (unpaired) electrons. The molecule has 0 saturated heterocycles. The largest absolute Gasteiger partial charge is 0.330 e. The van der Waals surface area contributed by atoms with E-state index in [4.69, 9.17) is 5.73 Å². The number of nitrogens with zero attached hydrogens (tertiary/aromatic N) is 4. The minimum atomic E-state index is 0.598. The fraction of sp³-hybridized carbons (Fsp3) is 0.250. The lowest BCUT2D eigenvalue weighted by Crippen LogP contribution is -2.15. The van der Waals surface area contributed by atoms with Crippen molar-refractivity contribution in [3.63, 3.8) is 0 Å². The molecule has 0 bridgehead atoms. The second kappa shape index (κ2) is 7.45. The summed E-state index contributed by atoms with van der Waals surface area (Å²) in [6.07, 6.45) is 0. The van der Waals surface area contributed by atoms with Crippen LogP contribution < -0.4 is 11.1 Å². The first-order chi connectivity index (χ1) is 11.3. The van der Waals surface area contributed by atoms with Crippen LogP contribution in [-0.2, 0) is 6.54 Å². The lowest BCUT2D eigenvalue weighted by molar-refractivity contribution is 0.543. The van der Waals surface area contributed by atoms with Gasteiger partial charge in [-0.2, -0.15) is 4.98 Å². The van der Waals surface area contributed by atoms with E-state index in [0.29, 0.717) is 12.5 Å². The van der Waals surface area contributed by atoms with Crippen molar-refractivity contribution in [1.29, 1.82) is 0 Å². The number of pyridine rings is 1. The van der Waals surface area contributed by atoms with Gasteiger partial charge in [-0.15, -0.1) is 5.10 Å². The van der Waals surface area contributed by atoms with Crippen molar-refractivity contribution in [3.8, 4) is 0 Å². The number of para-hydroxylation sites is 1. The Morgan fingerprint density at radius 3 is 2.78 bits per heavy atom. The van der Waals surface area contributed by atoms with E-state index in [2.05, 4.69) is 32.8 Å². The molecule has 0 atom stereocenters. The highest BCUT2D eigenvalue weighted by atomic mass is 32.2. The summed E-state index contributed by atoms with van der Waals surface area (Å²) in [7, 11) is 2.05. The summed E-state index contributed by atoms with van der Waals surface area (Å²) < 4.78 is 4.04. The summed E-state index contributed by atoms with van der Waals surface area (Å²) in [5.41, 5.74) is 8.44. The molecule has 2 aromatic heterocycles. The summed E-state index contributed by atoms with van der Waals surface area (Å²) in [4.78, 5) is 4.53. The molecular weight excluding hydrogens is 308 g/mol. The molecular formula is C16H20N6S. The molecule has 6 nitrogen and oxygen atoms in total. The highest BCUT2D eigenvalue weighted by molar-refractivity contribution is 7.96. The molecule has 0 fully saturated rings. The Labute approximate surface area is 139 Å². The Kier molecular flexibility index (Phi) is 5.12. The van der Waals surface area contributed by atoms with E-state index >= 15 is 0 Å². The monoisotopic (exact) mass is 328 g/mol. The van der Waals surface area contributed by atoms with Gasteiger partial charge in [-0.25, -0.2) is 8.82 Å². The first-order valence-corrected chi connectivity index (χ1v) is 8.41. The number of nitrogens with two attached hydrogens (primary N) is 1. The molecule has 120 valence electrons. The van der Waals surface area contributed by atoms with Gasteiger partial charge in [0.05, 0.1) is 12.2 Å². The molecule has 0 spiro atoms. The predicted molar refractivity (Wildman–Crippen MR) is 95.7 cm³/mol.